The Morgan fingerprint density at radius 2 is 1.03 bits per heavy atom. The quantitative estimate of drug-likeness (QED) is 0.421. The summed E-state index contributed by atoms with van der Waals surface area (Å²) in [7, 11) is 0. The van der Waals surface area contributed by atoms with Gasteiger partial charge in [0.1, 0.15) is 36.9 Å². The van der Waals surface area contributed by atoms with E-state index in [2.05, 4.69) is 87.7 Å². The molecule has 0 aliphatic carbocycles. The molecule has 3 saturated heterocycles. The lowest BCUT2D eigenvalue weighted by atomic mass is 9.90. The van der Waals surface area contributed by atoms with E-state index in [1.54, 1.807) is 0 Å². The second-order valence-corrected chi connectivity index (χ2v) is 10.6. The molecule has 6 nitrogen and oxygen atoms in total. The number of ether oxygens (including phenoxy) is 4. The Morgan fingerprint density at radius 3 is 1.33 bits per heavy atom. The second kappa shape index (κ2) is 10.5. The number of piperazine rings is 1. The molecular formula is C30H42N2O4. The van der Waals surface area contributed by atoms with Gasteiger partial charge < -0.3 is 28.7 Å². The molecule has 3 aliphatic rings. The Hall–Kier alpha value is -2.44. The van der Waals surface area contributed by atoms with Crippen LogP contribution in [0.15, 0.2) is 36.4 Å². The Balaban J connectivity index is 1.38. The van der Waals surface area contributed by atoms with Crippen LogP contribution in [-0.4, -0.2) is 62.8 Å². The minimum atomic E-state index is 0.269. The van der Waals surface area contributed by atoms with Crippen molar-refractivity contribution < 1.29 is 18.9 Å². The highest BCUT2D eigenvalue weighted by atomic mass is 16.6. The van der Waals surface area contributed by atoms with Gasteiger partial charge in [-0.2, -0.15) is 0 Å². The molecule has 6 unspecified atom stereocenters. The van der Waals surface area contributed by atoms with Gasteiger partial charge in [0.15, 0.2) is 0 Å². The first kappa shape index (κ1) is 25.2. The number of aryl methyl sites for hydroxylation is 2. The monoisotopic (exact) mass is 494 g/mol. The fourth-order valence-electron chi connectivity index (χ4n) is 5.63. The largest absolute Gasteiger partial charge is 0.491 e. The molecule has 36 heavy (non-hydrogen) atoms. The van der Waals surface area contributed by atoms with Gasteiger partial charge in [0.2, 0.25) is 0 Å². The van der Waals surface area contributed by atoms with Crippen LogP contribution in [0.3, 0.4) is 0 Å². The van der Waals surface area contributed by atoms with E-state index in [1.807, 2.05) is 0 Å². The fourth-order valence-corrected chi connectivity index (χ4v) is 5.63. The van der Waals surface area contributed by atoms with Crippen LogP contribution < -0.4 is 19.3 Å². The van der Waals surface area contributed by atoms with Crippen LogP contribution >= 0.6 is 0 Å². The summed E-state index contributed by atoms with van der Waals surface area (Å²) in [6, 6.07) is 14.6. The Labute approximate surface area is 216 Å². The van der Waals surface area contributed by atoms with E-state index in [9.17, 15) is 0 Å². The number of anilines is 2. The molecule has 196 valence electrons. The molecule has 0 radical (unpaired) electrons. The average molecular weight is 495 g/mol. The maximum atomic E-state index is 5.99. The summed E-state index contributed by atoms with van der Waals surface area (Å²) in [6.07, 6.45) is 2.49. The van der Waals surface area contributed by atoms with E-state index in [-0.39, 0.29) is 12.2 Å². The highest BCUT2D eigenvalue weighted by molar-refractivity contribution is 5.63. The standard InChI is InChI=1S/C30H42N2O4/c1-7-23-13-25(33-15-27-17-35-27)9-11-29(23)31-19(3)21(5)32(22(6)20(31)4)30-12-10-26(14-24(30)8-2)34-16-28-18-36-28/h9-14,19-22,27-28H,7-8,15-18H2,1-6H3. The number of rotatable bonds is 10. The van der Waals surface area contributed by atoms with Crippen molar-refractivity contribution in [1.29, 1.82) is 0 Å². The zero-order chi connectivity index (χ0) is 25.4. The maximum Gasteiger partial charge on any atom is 0.119 e. The lowest BCUT2D eigenvalue weighted by Gasteiger charge is -2.55. The van der Waals surface area contributed by atoms with E-state index in [4.69, 9.17) is 18.9 Å². The summed E-state index contributed by atoms with van der Waals surface area (Å²) in [5.41, 5.74) is 5.33. The lowest BCUT2D eigenvalue weighted by Crippen LogP contribution is -2.66. The third-order valence-electron chi connectivity index (χ3n) is 8.25. The van der Waals surface area contributed by atoms with Gasteiger partial charge >= 0.3 is 0 Å². The van der Waals surface area contributed by atoms with E-state index in [0.717, 1.165) is 37.6 Å². The predicted molar refractivity (Wildman–Crippen MR) is 145 cm³/mol. The highest BCUT2D eigenvalue weighted by Gasteiger charge is 2.41. The molecule has 0 N–H and O–H groups in total. The van der Waals surface area contributed by atoms with E-state index >= 15 is 0 Å². The number of hydrogen-bond donors (Lipinski definition) is 0. The first-order valence-electron chi connectivity index (χ1n) is 13.7. The molecule has 3 heterocycles. The molecule has 3 aliphatic heterocycles. The van der Waals surface area contributed by atoms with Crippen molar-refractivity contribution in [2.45, 2.75) is 90.8 Å². The molecule has 5 rings (SSSR count). The van der Waals surface area contributed by atoms with Gasteiger partial charge in [-0.3, -0.25) is 0 Å². The van der Waals surface area contributed by atoms with Crippen molar-refractivity contribution in [2.24, 2.45) is 0 Å². The summed E-state index contributed by atoms with van der Waals surface area (Å²) in [5, 5.41) is 0. The molecule has 6 heteroatoms. The molecule has 3 fully saturated rings. The fraction of sp³-hybridized carbons (Fsp3) is 0.600. The van der Waals surface area contributed by atoms with Crippen molar-refractivity contribution in [3.05, 3.63) is 47.5 Å². The van der Waals surface area contributed by atoms with Gasteiger partial charge in [-0.15, -0.1) is 0 Å². The molecule has 2 aromatic rings. The summed E-state index contributed by atoms with van der Waals surface area (Å²) < 4.78 is 22.6. The first-order chi connectivity index (χ1) is 17.4. The zero-order valence-corrected chi connectivity index (χ0v) is 22.7. The molecule has 0 amide bonds. The third-order valence-corrected chi connectivity index (χ3v) is 8.25. The van der Waals surface area contributed by atoms with Crippen molar-refractivity contribution in [3.63, 3.8) is 0 Å². The average Bonchev–Trinajstić information content (AvgIpc) is 3.81. The second-order valence-electron chi connectivity index (χ2n) is 10.6. The first-order valence-corrected chi connectivity index (χ1v) is 13.7. The van der Waals surface area contributed by atoms with E-state index in [1.165, 1.54) is 22.5 Å². The Kier molecular flexibility index (Phi) is 7.36. The number of hydrogen-bond acceptors (Lipinski definition) is 6. The SMILES string of the molecule is CCc1cc(OCC2CO2)ccc1N1C(C)C(C)N(c2ccc(OCC3CO3)cc2CC)C(C)C1C. The van der Waals surface area contributed by atoms with Crippen molar-refractivity contribution >= 4 is 11.4 Å². The molecule has 0 bridgehead atoms. The third kappa shape index (κ3) is 5.16. The van der Waals surface area contributed by atoms with Crippen LogP contribution in [-0.2, 0) is 22.3 Å². The lowest BCUT2D eigenvalue weighted by molar-refractivity contribution is 0.262. The van der Waals surface area contributed by atoms with Crippen LogP contribution in [0.1, 0.15) is 52.7 Å². The minimum Gasteiger partial charge on any atom is -0.491 e. The van der Waals surface area contributed by atoms with Crippen molar-refractivity contribution in [2.75, 3.05) is 36.2 Å². The van der Waals surface area contributed by atoms with Gasteiger partial charge in [0, 0.05) is 35.5 Å². The van der Waals surface area contributed by atoms with Crippen molar-refractivity contribution in [1.82, 2.24) is 0 Å². The zero-order valence-electron chi connectivity index (χ0n) is 22.7. The molecule has 0 saturated carbocycles. The summed E-state index contributed by atoms with van der Waals surface area (Å²) >= 11 is 0. The summed E-state index contributed by atoms with van der Waals surface area (Å²) in [5.74, 6) is 1.88. The van der Waals surface area contributed by atoms with Crippen LogP contribution in [0, 0.1) is 0 Å². The molecule has 0 aromatic heterocycles. The van der Waals surface area contributed by atoms with Crippen LogP contribution in [0.2, 0.25) is 0 Å². The number of nitrogens with zero attached hydrogens (tertiary/aromatic N) is 2. The van der Waals surface area contributed by atoms with Crippen molar-refractivity contribution in [3.8, 4) is 11.5 Å². The molecule has 2 aromatic carbocycles. The number of epoxide rings is 2. The summed E-state index contributed by atoms with van der Waals surface area (Å²) in [6.45, 7) is 16.9. The van der Waals surface area contributed by atoms with E-state index in [0.29, 0.717) is 37.4 Å². The predicted octanol–water partition coefficient (Wildman–Crippen LogP) is 5.25. The molecule has 0 spiro atoms. The Morgan fingerprint density at radius 1 is 0.667 bits per heavy atom. The molecule has 6 atom stereocenters. The number of benzene rings is 2. The van der Waals surface area contributed by atoms with Crippen LogP contribution in [0.4, 0.5) is 11.4 Å². The van der Waals surface area contributed by atoms with Gasteiger partial charge in [-0.05, 0) is 88.1 Å². The minimum absolute atomic E-state index is 0.269. The van der Waals surface area contributed by atoms with Gasteiger partial charge in [-0.25, -0.2) is 0 Å². The maximum absolute atomic E-state index is 5.99. The van der Waals surface area contributed by atoms with Gasteiger partial charge in [0.05, 0.1) is 13.2 Å². The summed E-state index contributed by atoms with van der Waals surface area (Å²) in [4.78, 5) is 5.27. The van der Waals surface area contributed by atoms with Gasteiger partial charge in [0.25, 0.3) is 0 Å². The van der Waals surface area contributed by atoms with Crippen LogP contribution in [0.5, 0.6) is 11.5 Å². The van der Waals surface area contributed by atoms with Gasteiger partial charge in [-0.1, -0.05) is 13.8 Å². The highest BCUT2D eigenvalue weighted by Crippen LogP contribution is 2.39. The normalized spacial score (nSPS) is 29.3. The van der Waals surface area contributed by atoms with Crippen LogP contribution in [0.25, 0.3) is 0 Å². The topological polar surface area (TPSA) is 50.0 Å². The van der Waals surface area contributed by atoms with E-state index < -0.39 is 0 Å². The smallest absolute Gasteiger partial charge is 0.119 e. The Bertz CT molecular complexity index is 952. The molecular weight excluding hydrogens is 452 g/mol.